The number of rotatable bonds is 5. The number of hydrogen-bond acceptors (Lipinski definition) is 3. The first-order valence-electron chi connectivity index (χ1n) is 5.12. The van der Waals surface area contributed by atoms with E-state index in [1.807, 2.05) is 12.1 Å². The first-order valence-corrected chi connectivity index (χ1v) is 5.12. The van der Waals surface area contributed by atoms with Gasteiger partial charge in [-0.05, 0) is 24.5 Å². The van der Waals surface area contributed by atoms with E-state index in [4.69, 9.17) is 14.6 Å². The van der Waals surface area contributed by atoms with Gasteiger partial charge in [-0.2, -0.15) is 0 Å². The molecular weight excluding hydrogens is 192 g/mol. The quantitative estimate of drug-likeness (QED) is 0.805. The van der Waals surface area contributed by atoms with Crippen LogP contribution in [0.15, 0.2) is 12.1 Å². The topological polar surface area (TPSA) is 38.7 Å². The molecule has 0 aromatic heterocycles. The fourth-order valence-corrected chi connectivity index (χ4v) is 1.75. The molecule has 0 atom stereocenters. The lowest BCUT2D eigenvalue weighted by atomic mass is 10.0. The van der Waals surface area contributed by atoms with Crippen molar-refractivity contribution < 1.29 is 14.6 Å². The maximum absolute atomic E-state index is 9.03. The number of ether oxygens (including phenoxy) is 2. The second-order valence-corrected chi connectivity index (χ2v) is 3.27. The molecule has 0 spiro atoms. The summed E-state index contributed by atoms with van der Waals surface area (Å²) in [4.78, 5) is 0. The molecule has 0 aliphatic carbocycles. The summed E-state index contributed by atoms with van der Waals surface area (Å²) >= 11 is 0. The molecule has 15 heavy (non-hydrogen) atoms. The van der Waals surface area contributed by atoms with Crippen LogP contribution in [0.3, 0.4) is 0 Å². The van der Waals surface area contributed by atoms with E-state index in [-0.39, 0.29) is 6.61 Å². The second-order valence-electron chi connectivity index (χ2n) is 3.27. The average molecular weight is 210 g/mol. The van der Waals surface area contributed by atoms with E-state index >= 15 is 0 Å². The van der Waals surface area contributed by atoms with Crippen LogP contribution in [0.1, 0.15) is 18.1 Å². The zero-order valence-electron chi connectivity index (χ0n) is 9.54. The highest BCUT2D eigenvalue weighted by atomic mass is 16.5. The van der Waals surface area contributed by atoms with Crippen molar-refractivity contribution in [3.63, 3.8) is 0 Å². The highest BCUT2D eigenvalue weighted by Gasteiger charge is 2.12. The molecule has 0 saturated heterocycles. The standard InChI is InChI=1S/C12H18O3/c1-4-9-5-6-11(14-2)12(15-3)10(9)7-8-13/h5-6,13H,4,7-8H2,1-3H3. The van der Waals surface area contributed by atoms with Crippen molar-refractivity contribution in [2.24, 2.45) is 0 Å². The molecule has 1 N–H and O–H groups in total. The molecule has 1 rings (SSSR count). The third kappa shape index (κ3) is 2.42. The minimum Gasteiger partial charge on any atom is -0.493 e. The summed E-state index contributed by atoms with van der Waals surface area (Å²) in [5.74, 6) is 1.46. The third-order valence-electron chi connectivity index (χ3n) is 2.49. The van der Waals surface area contributed by atoms with Crippen molar-refractivity contribution >= 4 is 0 Å². The van der Waals surface area contributed by atoms with Crippen LogP contribution in [0.25, 0.3) is 0 Å². The van der Waals surface area contributed by atoms with Crippen molar-refractivity contribution in [2.75, 3.05) is 20.8 Å². The first-order chi connectivity index (χ1) is 7.28. The van der Waals surface area contributed by atoms with Gasteiger partial charge in [0.15, 0.2) is 11.5 Å². The van der Waals surface area contributed by atoms with Crippen molar-refractivity contribution in [3.05, 3.63) is 23.3 Å². The Kier molecular flexibility index (Phi) is 4.43. The zero-order chi connectivity index (χ0) is 11.3. The van der Waals surface area contributed by atoms with Gasteiger partial charge in [0.05, 0.1) is 14.2 Å². The SMILES string of the molecule is CCc1ccc(OC)c(OC)c1CCO. The van der Waals surface area contributed by atoms with Gasteiger partial charge in [0.2, 0.25) is 0 Å². The summed E-state index contributed by atoms with van der Waals surface area (Å²) in [5.41, 5.74) is 2.24. The van der Waals surface area contributed by atoms with E-state index in [1.54, 1.807) is 14.2 Å². The van der Waals surface area contributed by atoms with Crippen LogP contribution in [-0.2, 0) is 12.8 Å². The van der Waals surface area contributed by atoms with E-state index in [0.717, 1.165) is 23.5 Å². The summed E-state index contributed by atoms with van der Waals surface area (Å²) in [6.07, 6.45) is 1.53. The van der Waals surface area contributed by atoms with Crippen molar-refractivity contribution in [1.29, 1.82) is 0 Å². The number of methoxy groups -OCH3 is 2. The van der Waals surface area contributed by atoms with Gasteiger partial charge in [-0.15, -0.1) is 0 Å². The van der Waals surface area contributed by atoms with Gasteiger partial charge >= 0.3 is 0 Å². The molecule has 1 aromatic carbocycles. The van der Waals surface area contributed by atoms with Crippen LogP contribution in [-0.4, -0.2) is 25.9 Å². The smallest absolute Gasteiger partial charge is 0.164 e. The highest BCUT2D eigenvalue weighted by molar-refractivity contribution is 5.51. The first kappa shape index (κ1) is 11.9. The molecule has 0 aliphatic heterocycles. The third-order valence-corrected chi connectivity index (χ3v) is 2.49. The number of benzene rings is 1. The summed E-state index contributed by atoms with van der Waals surface area (Å²) in [6, 6.07) is 3.92. The predicted octanol–water partition coefficient (Wildman–Crippen LogP) is 1.80. The predicted molar refractivity (Wildman–Crippen MR) is 59.7 cm³/mol. The van der Waals surface area contributed by atoms with Crippen molar-refractivity contribution in [2.45, 2.75) is 19.8 Å². The summed E-state index contributed by atoms with van der Waals surface area (Å²) in [6.45, 7) is 2.21. The Morgan fingerprint density at radius 2 is 1.93 bits per heavy atom. The number of aliphatic hydroxyl groups excluding tert-OH is 1. The Balaban J connectivity index is 3.24. The Morgan fingerprint density at radius 3 is 2.40 bits per heavy atom. The monoisotopic (exact) mass is 210 g/mol. The summed E-state index contributed by atoms with van der Waals surface area (Å²) < 4.78 is 10.5. The molecule has 0 amide bonds. The Labute approximate surface area is 90.6 Å². The molecule has 0 aliphatic rings. The van der Waals surface area contributed by atoms with E-state index in [1.165, 1.54) is 5.56 Å². The van der Waals surface area contributed by atoms with Crippen LogP contribution >= 0.6 is 0 Å². The Morgan fingerprint density at radius 1 is 1.20 bits per heavy atom. The molecule has 0 bridgehead atoms. The molecule has 3 heteroatoms. The average Bonchev–Trinajstić information content (AvgIpc) is 2.28. The van der Waals surface area contributed by atoms with Crippen LogP contribution in [0.4, 0.5) is 0 Å². The minimum atomic E-state index is 0.122. The van der Waals surface area contributed by atoms with Gasteiger partial charge in [-0.25, -0.2) is 0 Å². The molecule has 0 unspecified atom stereocenters. The fourth-order valence-electron chi connectivity index (χ4n) is 1.75. The molecular formula is C12H18O3. The highest BCUT2D eigenvalue weighted by Crippen LogP contribution is 2.33. The normalized spacial score (nSPS) is 10.1. The van der Waals surface area contributed by atoms with Crippen LogP contribution in [0.2, 0.25) is 0 Å². The molecule has 84 valence electrons. The van der Waals surface area contributed by atoms with Gasteiger partial charge in [0.1, 0.15) is 0 Å². The van der Waals surface area contributed by atoms with Gasteiger partial charge in [0, 0.05) is 12.2 Å². The second kappa shape index (κ2) is 5.61. The molecule has 0 heterocycles. The number of hydrogen-bond donors (Lipinski definition) is 1. The van der Waals surface area contributed by atoms with E-state index in [0.29, 0.717) is 6.42 Å². The molecule has 0 fully saturated rings. The van der Waals surface area contributed by atoms with Crippen LogP contribution in [0.5, 0.6) is 11.5 Å². The van der Waals surface area contributed by atoms with Gasteiger partial charge < -0.3 is 14.6 Å². The maximum Gasteiger partial charge on any atom is 0.164 e. The summed E-state index contributed by atoms with van der Waals surface area (Å²) in [7, 11) is 3.24. The Hall–Kier alpha value is -1.22. The van der Waals surface area contributed by atoms with Crippen LogP contribution < -0.4 is 9.47 Å². The van der Waals surface area contributed by atoms with Crippen LogP contribution in [0, 0.1) is 0 Å². The lowest BCUT2D eigenvalue weighted by Gasteiger charge is -2.15. The van der Waals surface area contributed by atoms with E-state index in [9.17, 15) is 0 Å². The van der Waals surface area contributed by atoms with Gasteiger partial charge in [-0.3, -0.25) is 0 Å². The van der Waals surface area contributed by atoms with Crippen molar-refractivity contribution in [3.8, 4) is 11.5 Å². The van der Waals surface area contributed by atoms with Gasteiger partial charge in [-0.1, -0.05) is 13.0 Å². The maximum atomic E-state index is 9.03. The molecule has 0 radical (unpaired) electrons. The number of aliphatic hydroxyl groups is 1. The lowest BCUT2D eigenvalue weighted by Crippen LogP contribution is -2.02. The van der Waals surface area contributed by atoms with Gasteiger partial charge in [0.25, 0.3) is 0 Å². The molecule has 3 nitrogen and oxygen atoms in total. The Bertz CT molecular complexity index is 321. The zero-order valence-corrected chi connectivity index (χ0v) is 9.54. The minimum absolute atomic E-state index is 0.122. The fraction of sp³-hybridized carbons (Fsp3) is 0.500. The summed E-state index contributed by atoms with van der Waals surface area (Å²) in [5, 5.41) is 9.03. The van der Waals surface area contributed by atoms with E-state index in [2.05, 4.69) is 6.92 Å². The van der Waals surface area contributed by atoms with E-state index < -0.39 is 0 Å². The number of aryl methyl sites for hydroxylation is 1. The molecule has 0 saturated carbocycles. The largest absolute Gasteiger partial charge is 0.493 e. The molecule has 1 aromatic rings. The van der Waals surface area contributed by atoms with Crippen molar-refractivity contribution in [1.82, 2.24) is 0 Å². The lowest BCUT2D eigenvalue weighted by molar-refractivity contribution is 0.294.